The van der Waals surface area contributed by atoms with E-state index < -0.39 is 0 Å². The summed E-state index contributed by atoms with van der Waals surface area (Å²) in [4.78, 5) is 7.10. The molecule has 1 aromatic heterocycles. The van der Waals surface area contributed by atoms with Crippen LogP contribution in [0.25, 0.3) is 10.2 Å². The first-order chi connectivity index (χ1) is 10.1. The van der Waals surface area contributed by atoms with E-state index in [9.17, 15) is 0 Å². The molecule has 114 valence electrons. The van der Waals surface area contributed by atoms with Crippen molar-refractivity contribution in [1.29, 1.82) is 0 Å². The van der Waals surface area contributed by atoms with E-state index >= 15 is 0 Å². The summed E-state index contributed by atoms with van der Waals surface area (Å²) in [6, 6.07) is 6.53. The number of piperidine rings is 1. The minimum absolute atomic E-state index is 0.353. The van der Waals surface area contributed by atoms with Crippen LogP contribution in [0.5, 0.6) is 5.75 Å². The first kappa shape index (κ1) is 14.6. The average Bonchev–Trinajstić information content (AvgIpc) is 2.88. The minimum atomic E-state index is 0.353. The second kappa shape index (κ2) is 6.20. The summed E-state index contributed by atoms with van der Waals surface area (Å²) in [5.41, 5.74) is 7.02. The van der Waals surface area contributed by atoms with E-state index in [1.807, 2.05) is 6.07 Å². The molecule has 0 radical (unpaired) electrons. The lowest BCUT2D eigenvalue weighted by Gasteiger charge is -2.29. The van der Waals surface area contributed by atoms with Gasteiger partial charge in [0.25, 0.3) is 0 Å². The summed E-state index contributed by atoms with van der Waals surface area (Å²) in [5, 5.41) is 1.11. The molecule has 0 atom stereocenters. The van der Waals surface area contributed by atoms with Crippen LogP contribution >= 0.6 is 11.3 Å². The van der Waals surface area contributed by atoms with Gasteiger partial charge in [-0.2, -0.15) is 0 Å². The van der Waals surface area contributed by atoms with Crippen LogP contribution in [0.2, 0.25) is 0 Å². The number of anilines is 1. The van der Waals surface area contributed by atoms with Crippen molar-refractivity contribution >= 4 is 26.7 Å². The van der Waals surface area contributed by atoms with Gasteiger partial charge in [0, 0.05) is 19.1 Å². The molecular weight excluding hydrogens is 282 g/mol. The third kappa shape index (κ3) is 3.47. The second-order valence-corrected chi connectivity index (χ2v) is 7.16. The van der Waals surface area contributed by atoms with Crippen molar-refractivity contribution in [3.05, 3.63) is 18.2 Å². The zero-order valence-electron chi connectivity index (χ0n) is 12.7. The predicted octanol–water partition coefficient (Wildman–Crippen LogP) is 3.26. The molecule has 2 aromatic rings. The average molecular weight is 305 g/mol. The number of hydrogen-bond donors (Lipinski definition) is 1. The van der Waals surface area contributed by atoms with Gasteiger partial charge in [0.2, 0.25) is 0 Å². The monoisotopic (exact) mass is 305 g/mol. The summed E-state index contributed by atoms with van der Waals surface area (Å²) < 4.78 is 6.99. The Morgan fingerprint density at radius 3 is 2.86 bits per heavy atom. The Hall–Kier alpha value is -1.33. The first-order valence-corrected chi connectivity index (χ1v) is 8.47. The molecule has 2 N–H and O–H groups in total. The summed E-state index contributed by atoms with van der Waals surface area (Å²) in [5.74, 6) is 1.47. The Bertz CT molecular complexity index is 603. The van der Waals surface area contributed by atoms with Crippen LogP contribution in [0.3, 0.4) is 0 Å². The highest BCUT2D eigenvalue weighted by molar-refractivity contribution is 7.22. The van der Waals surface area contributed by atoms with E-state index in [1.54, 1.807) is 11.3 Å². The molecule has 21 heavy (non-hydrogen) atoms. The van der Waals surface area contributed by atoms with Crippen LogP contribution in [-0.4, -0.2) is 30.7 Å². The third-order valence-corrected chi connectivity index (χ3v) is 4.82. The van der Waals surface area contributed by atoms with Crippen molar-refractivity contribution in [1.82, 2.24) is 4.98 Å². The Balaban J connectivity index is 1.76. The van der Waals surface area contributed by atoms with Crippen LogP contribution in [0, 0.1) is 5.92 Å². The molecule has 0 spiro atoms. The minimum Gasteiger partial charge on any atom is -0.493 e. The Morgan fingerprint density at radius 2 is 2.14 bits per heavy atom. The fourth-order valence-electron chi connectivity index (χ4n) is 2.47. The van der Waals surface area contributed by atoms with Crippen molar-refractivity contribution in [2.24, 2.45) is 11.7 Å². The summed E-state index contributed by atoms with van der Waals surface area (Å²) >= 11 is 1.75. The van der Waals surface area contributed by atoms with Crippen molar-refractivity contribution in [2.75, 3.05) is 24.6 Å². The molecule has 1 saturated heterocycles. The van der Waals surface area contributed by atoms with Crippen molar-refractivity contribution in [3.63, 3.8) is 0 Å². The highest BCUT2D eigenvalue weighted by Gasteiger charge is 2.19. The molecule has 1 aliphatic heterocycles. The lowest BCUT2D eigenvalue weighted by molar-refractivity contribution is 0.271. The molecule has 0 saturated carbocycles. The molecule has 5 heteroatoms. The van der Waals surface area contributed by atoms with E-state index in [2.05, 4.69) is 30.9 Å². The summed E-state index contributed by atoms with van der Waals surface area (Å²) in [6.45, 7) is 7.09. The molecule has 0 bridgehead atoms. The fourth-order valence-corrected chi connectivity index (χ4v) is 3.52. The number of hydrogen-bond acceptors (Lipinski definition) is 5. The lowest BCUT2D eigenvalue weighted by atomic mass is 10.1. The van der Waals surface area contributed by atoms with E-state index in [1.165, 1.54) is 4.70 Å². The summed E-state index contributed by atoms with van der Waals surface area (Å²) in [7, 11) is 0. The molecule has 0 unspecified atom stereocenters. The highest BCUT2D eigenvalue weighted by atomic mass is 32.1. The molecular formula is C16H23N3OS. The molecule has 4 nitrogen and oxygen atoms in total. The van der Waals surface area contributed by atoms with Gasteiger partial charge in [-0.1, -0.05) is 25.2 Å². The maximum absolute atomic E-state index is 5.97. The van der Waals surface area contributed by atoms with Crippen LogP contribution < -0.4 is 15.4 Å². The Morgan fingerprint density at radius 1 is 1.38 bits per heavy atom. The third-order valence-electron chi connectivity index (χ3n) is 3.74. The molecule has 2 heterocycles. The van der Waals surface area contributed by atoms with Crippen molar-refractivity contribution in [2.45, 2.75) is 32.7 Å². The molecule has 1 aromatic carbocycles. The number of aromatic nitrogens is 1. The number of ether oxygens (including phenoxy) is 1. The molecule has 0 amide bonds. The number of fused-ring (bicyclic) bond motifs is 1. The number of nitrogens with zero attached hydrogens (tertiary/aromatic N) is 2. The van der Waals surface area contributed by atoms with Crippen LogP contribution in [-0.2, 0) is 0 Å². The molecule has 1 fully saturated rings. The van der Waals surface area contributed by atoms with Crippen molar-refractivity contribution < 1.29 is 4.74 Å². The zero-order valence-corrected chi connectivity index (χ0v) is 13.5. The van der Waals surface area contributed by atoms with Gasteiger partial charge in [-0.25, -0.2) is 4.98 Å². The second-order valence-electron chi connectivity index (χ2n) is 6.16. The quantitative estimate of drug-likeness (QED) is 0.942. The normalized spacial score (nSPS) is 16.9. The Labute approximate surface area is 129 Å². The topological polar surface area (TPSA) is 51.4 Å². The van der Waals surface area contributed by atoms with Gasteiger partial charge in [-0.15, -0.1) is 0 Å². The fraction of sp³-hybridized carbons (Fsp3) is 0.562. The van der Waals surface area contributed by atoms with Gasteiger partial charge in [0.05, 0.1) is 16.8 Å². The standard InChI is InChI=1S/C16H23N3OS/c1-11(2)10-20-13-3-4-14-15(9-13)21-16(18-14)19-7-5-12(17)6-8-19/h3-4,9,11-12H,5-8,10,17H2,1-2H3. The predicted molar refractivity (Wildman–Crippen MR) is 89.4 cm³/mol. The number of nitrogens with two attached hydrogens (primary N) is 1. The van der Waals surface area contributed by atoms with E-state index in [-0.39, 0.29) is 0 Å². The number of benzene rings is 1. The molecule has 3 rings (SSSR count). The smallest absolute Gasteiger partial charge is 0.186 e. The highest BCUT2D eigenvalue weighted by Crippen LogP contribution is 2.32. The van der Waals surface area contributed by atoms with Gasteiger partial charge < -0.3 is 15.4 Å². The van der Waals surface area contributed by atoms with Crippen LogP contribution in [0.1, 0.15) is 26.7 Å². The van der Waals surface area contributed by atoms with Crippen LogP contribution in [0.4, 0.5) is 5.13 Å². The van der Waals surface area contributed by atoms with Gasteiger partial charge >= 0.3 is 0 Å². The molecule has 0 aliphatic carbocycles. The van der Waals surface area contributed by atoms with E-state index in [0.29, 0.717) is 12.0 Å². The largest absolute Gasteiger partial charge is 0.493 e. The van der Waals surface area contributed by atoms with Crippen molar-refractivity contribution in [3.8, 4) is 5.75 Å². The first-order valence-electron chi connectivity index (χ1n) is 7.66. The zero-order chi connectivity index (χ0) is 14.8. The van der Waals surface area contributed by atoms with Crippen LogP contribution in [0.15, 0.2) is 18.2 Å². The van der Waals surface area contributed by atoms with Gasteiger partial charge in [-0.05, 0) is 37.0 Å². The maximum Gasteiger partial charge on any atom is 0.186 e. The molecule has 1 aliphatic rings. The van der Waals surface area contributed by atoms with E-state index in [4.69, 9.17) is 15.5 Å². The lowest BCUT2D eigenvalue weighted by Crippen LogP contribution is -2.39. The number of rotatable bonds is 4. The van der Waals surface area contributed by atoms with Gasteiger partial charge in [0.15, 0.2) is 5.13 Å². The van der Waals surface area contributed by atoms with E-state index in [0.717, 1.165) is 48.9 Å². The van der Waals surface area contributed by atoms with Gasteiger partial charge in [-0.3, -0.25) is 0 Å². The SMILES string of the molecule is CC(C)COc1ccc2nc(N3CCC(N)CC3)sc2c1. The Kier molecular flexibility index (Phi) is 4.31. The maximum atomic E-state index is 5.97. The van der Waals surface area contributed by atoms with Gasteiger partial charge in [0.1, 0.15) is 5.75 Å². The number of thiazole rings is 1. The summed E-state index contributed by atoms with van der Waals surface area (Å²) in [6.07, 6.45) is 2.11.